The van der Waals surface area contributed by atoms with E-state index in [1.54, 1.807) is 74.8 Å². The molecule has 4 rings (SSSR count). The van der Waals surface area contributed by atoms with Crippen LogP contribution in [0.2, 0.25) is 0 Å². The molecule has 0 aliphatic carbocycles. The number of hydrogen-bond acceptors (Lipinski definition) is 8. The van der Waals surface area contributed by atoms with E-state index in [1.807, 2.05) is 37.2 Å². The van der Waals surface area contributed by atoms with Crippen LogP contribution in [0.3, 0.4) is 0 Å². The van der Waals surface area contributed by atoms with Crippen molar-refractivity contribution in [1.82, 2.24) is 4.90 Å². The van der Waals surface area contributed by atoms with Crippen LogP contribution in [0.1, 0.15) is 15.9 Å². The molecule has 0 saturated heterocycles. The van der Waals surface area contributed by atoms with Gasteiger partial charge < -0.3 is 19.6 Å². The first kappa shape index (κ1) is 30.2. The number of sulfonamides is 1. The summed E-state index contributed by atoms with van der Waals surface area (Å²) < 4.78 is 35.1. The van der Waals surface area contributed by atoms with Crippen LogP contribution in [0.4, 0.5) is 22.7 Å². The van der Waals surface area contributed by atoms with Gasteiger partial charge in [0.25, 0.3) is 15.9 Å². The van der Waals surface area contributed by atoms with E-state index in [1.165, 1.54) is 18.1 Å². The molecule has 1 amide bonds. The Morgan fingerprint density at radius 2 is 1.62 bits per heavy atom. The minimum absolute atomic E-state index is 0.0626. The van der Waals surface area contributed by atoms with Gasteiger partial charge >= 0.3 is 0 Å². The van der Waals surface area contributed by atoms with Crippen LogP contribution in [-0.4, -0.2) is 59.6 Å². The van der Waals surface area contributed by atoms with Crippen molar-refractivity contribution >= 4 is 38.7 Å². The molecule has 0 radical (unpaired) electrons. The normalized spacial score (nSPS) is 11.4. The van der Waals surface area contributed by atoms with Gasteiger partial charge in [0, 0.05) is 45.0 Å². The Morgan fingerprint density at radius 1 is 0.881 bits per heavy atom. The number of hydrogen-bond donors (Lipinski definition) is 2. The number of amides is 1. The van der Waals surface area contributed by atoms with E-state index in [2.05, 4.69) is 15.0 Å². The van der Waals surface area contributed by atoms with Crippen LogP contribution in [0.15, 0.2) is 100 Å². The number of methoxy groups -OCH3 is 1. The Kier molecular flexibility index (Phi) is 9.24. The zero-order valence-electron chi connectivity index (χ0n) is 24.1. The van der Waals surface area contributed by atoms with E-state index in [0.29, 0.717) is 33.6 Å². The van der Waals surface area contributed by atoms with E-state index in [4.69, 9.17) is 4.74 Å². The van der Waals surface area contributed by atoms with Crippen molar-refractivity contribution in [1.29, 1.82) is 0 Å². The largest absolute Gasteiger partial charge is 0.495 e. The zero-order chi connectivity index (χ0) is 30.4. The molecule has 0 aromatic heterocycles. The maximum Gasteiger partial charge on any atom is 0.265 e. The Bertz CT molecular complexity index is 1740. The lowest BCUT2D eigenvalue weighted by atomic mass is 10.0. The van der Waals surface area contributed by atoms with E-state index >= 15 is 0 Å². The van der Waals surface area contributed by atoms with E-state index in [9.17, 15) is 18.3 Å². The average molecular weight is 588 g/mol. The molecule has 4 aromatic rings. The number of nitrogens with one attached hydrogen (secondary N) is 1. The summed E-state index contributed by atoms with van der Waals surface area (Å²) in [5.41, 5.74) is 4.52. The molecule has 0 saturated carbocycles. The van der Waals surface area contributed by atoms with Crippen LogP contribution in [0.5, 0.6) is 5.75 Å². The molecule has 0 spiro atoms. The molecule has 0 aliphatic rings. The predicted octanol–water partition coefficient (Wildman–Crippen LogP) is 5.84. The van der Waals surface area contributed by atoms with Crippen molar-refractivity contribution in [2.75, 3.05) is 44.9 Å². The molecule has 0 bridgehead atoms. The summed E-state index contributed by atoms with van der Waals surface area (Å²) in [6.45, 7) is -0.201. The number of carbonyl (C=O) groups excluding carboxylic acids is 1. The highest BCUT2D eigenvalue weighted by Crippen LogP contribution is 2.33. The van der Waals surface area contributed by atoms with Crippen molar-refractivity contribution in [3.8, 4) is 16.9 Å². The fourth-order valence-electron chi connectivity index (χ4n) is 4.18. The Balaban J connectivity index is 1.62. The van der Waals surface area contributed by atoms with E-state index in [-0.39, 0.29) is 28.8 Å². The van der Waals surface area contributed by atoms with Crippen LogP contribution >= 0.6 is 0 Å². The molecule has 0 fully saturated rings. The highest BCUT2D eigenvalue weighted by molar-refractivity contribution is 7.92. The summed E-state index contributed by atoms with van der Waals surface area (Å²) in [6, 6.07) is 23.8. The highest BCUT2D eigenvalue weighted by Gasteiger charge is 2.21. The molecule has 0 unspecified atom stereocenters. The standard InChI is InChI=1S/C31H33N5O5S/c1-35(2)27-13-14-28(24(17-27)20-37)33-32-25-10-7-11-26(19-25)34-42(39,40)30-18-22(12-15-29(30)41-5)21-8-6-9-23(16-21)31(38)36(3)4/h6-19,34,37H,20H2,1-5H3/b33-32+. The monoisotopic (exact) mass is 587 g/mol. The van der Waals surface area contributed by atoms with Crippen molar-refractivity contribution in [3.63, 3.8) is 0 Å². The van der Waals surface area contributed by atoms with E-state index in [0.717, 1.165) is 5.69 Å². The van der Waals surface area contributed by atoms with E-state index < -0.39 is 10.0 Å². The Morgan fingerprint density at radius 3 is 2.31 bits per heavy atom. The summed E-state index contributed by atoms with van der Waals surface area (Å²) >= 11 is 0. The molecular formula is C31H33N5O5S. The van der Waals surface area contributed by atoms with Crippen molar-refractivity contribution in [3.05, 3.63) is 96.1 Å². The molecule has 4 aromatic carbocycles. The molecule has 42 heavy (non-hydrogen) atoms. The number of nitrogens with zero attached hydrogens (tertiary/aromatic N) is 4. The molecular weight excluding hydrogens is 554 g/mol. The molecule has 0 atom stereocenters. The number of benzene rings is 4. The summed E-state index contributed by atoms with van der Waals surface area (Å²) in [7, 11) is 4.46. The van der Waals surface area contributed by atoms with Gasteiger partial charge in [-0.2, -0.15) is 10.2 Å². The van der Waals surface area contributed by atoms with Gasteiger partial charge in [-0.15, -0.1) is 0 Å². The van der Waals surface area contributed by atoms with Gasteiger partial charge in [0.2, 0.25) is 0 Å². The topological polar surface area (TPSA) is 124 Å². The van der Waals surface area contributed by atoms with Gasteiger partial charge in [-0.25, -0.2) is 8.42 Å². The first-order valence-corrected chi connectivity index (χ1v) is 14.5. The summed E-state index contributed by atoms with van der Waals surface area (Å²) in [4.78, 5) is 15.8. The smallest absolute Gasteiger partial charge is 0.265 e. The second kappa shape index (κ2) is 12.8. The Labute approximate surface area is 246 Å². The predicted molar refractivity (Wildman–Crippen MR) is 165 cm³/mol. The minimum atomic E-state index is -4.09. The Hall–Kier alpha value is -4.74. The van der Waals surface area contributed by atoms with Gasteiger partial charge in [-0.1, -0.05) is 24.3 Å². The number of azo groups is 1. The lowest BCUT2D eigenvalue weighted by molar-refractivity contribution is 0.0827. The second-order valence-corrected chi connectivity index (χ2v) is 11.5. The van der Waals surface area contributed by atoms with Crippen LogP contribution in [0, 0.1) is 0 Å². The van der Waals surface area contributed by atoms with Gasteiger partial charge in [-0.3, -0.25) is 9.52 Å². The summed E-state index contributed by atoms with van der Waals surface area (Å²) in [5.74, 6) is 0.00962. The van der Waals surface area contributed by atoms with Gasteiger partial charge in [0.15, 0.2) is 0 Å². The SMILES string of the molecule is COc1ccc(-c2cccc(C(=O)N(C)C)c2)cc1S(=O)(=O)Nc1cccc(/N=N/c2ccc(N(C)C)cc2CO)c1. The lowest BCUT2D eigenvalue weighted by Crippen LogP contribution is -2.21. The molecule has 2 N–H and O–H groups in total. The van der Waals surface area contributed by atoms with Gasteiger partial charge in [0.1, 0.15) is 10.6 Å². The molecule has 0 heterocycles. The average Bonchev–Trinajstić information content (AvgIpc) is 2.99. The maximum atomic E-state index is 13.6. The second-order valence-electron chi connectivity index (χ2n) is 9.87. The first-order chi connectivity index (χ1) is 20.0. The lowest BCUT2D eigenvalue weighted by Gasteiger charge is -2.15. The fourth-order valence-corrected chi connectivity index (χ4v) is 5.43. The number of ether oxygens (including phenoxy) is 1. The molecule has 10 nitrogen and oxygen atoms in total. The van der Waals surface area contributed by atoms with Gasteiger partial charge in [-0.05, 0) is 71.8 Å². The fraction of sp³-hybridized carbons (Fsp3) is 0.194. The third-order valence-electron chi connectivity index (χ3n) is 6.42. The number of aliphatic hydroxyl groups is 1. The third kappa shape index (κ3) is 6.93. The number of rotatable bonds is 10. The third-order valence-corrected chi connectivity index (χ3v) is 7.83. The number of carbonyl (C=O) groups is 1. The van der Waals surface area contributed by atoms with Crippen molar-refractivity contribution in [2.45, 2.75) is 11.5 Å². The number of aliphatic hydroxyl groups excluding tert-OH is 1. The van der Waals surface area contributed by atoms with Crippen LogP contribution in [-0.2, 0) is 16.6 Å². The summed E-state index contributed by atoms with van der Waals surface area (Å²) in [5, 5.41) is 18.3. The van der Waals surface area contributed by atoms with Crippen molar-refractivity contribution in [2.24, 2.45) is 10.2 Å². The maximum absolute atomic E-state index is 13.6. The summed E-state index contributed by atoms with van der Waals surface area (Å²) in [6.07, 6.45) is 0. The van der Waals surface area contributed by atoms with Crippen LogP contribution < -0.4 is 14.4 Å². The molecule has 11 heteroatoms. The minimum Gasteiger partial charge on any atom is -0.495 e. The van der Waals surface area contributed by atoms with Gasteiger partial charge in [0.05, 0.1) is 30.8 Å². The molecule has 218 valence electrons. The quantitative estimate of drug-likeness (QED) is 0.225. The first-order valence-electron chi connectivity index (χ1n) is 13.0. The number of anilines is 2. The van der Waals surface area contributed by atoms with Crippen LogP contribution in [0.25, 0.3) is 11.1 Å². The molecule has 0 aliphatic heterocycles. The van der Waals surface area contributed by atoms with Crippen molar-refractivity contribution < 1.29 is 23.1 Å². The highest BCUT2D eigenvalue weighted by atomic mass is 32.2. The zero-order valence-corrected chi connectivity index (χ0v) is 24.9.